The van der Waals surface area contributed by atoms with Crippen molar-refractivity contribution in [1.82, 2.24) is 15.0 Å². The highest BCUT2D eigenvalue weighted by atomic mass is 32.1. The van der Waals surface area contributed by atoms with Gasteiger partial charge >= 0.3 is 0 Å². The molecule has 0 aliphatic rings. The van der Waals surface area contributed by atoms with Crippen molar-refractivity contribution in [2.75, 3.05) is 10.6 Å². The quantitative estimate of drug-likeness (QED) is 0.752. The second-order valence-corrected chi connectivity index (χ2v) is 5.43. The summed E-state index contributed by atoms with van der Waals surface area (Å²) in [6.45, 7) is 0. The third kappa shape index (κ3) is 4.30. The largest absolute Gasteiger partial charge is 0.326 e. The van der Waals surface area contributed by atoms with Crippen LogP contribution in [-0.2, 0) is 11.2 Å². The minimum absolute atomic E-state index is 0.102. The first-order valence-electron chi connectivity index (χ1n) is 6.73. The molecule has 23 heavy (non-hydrogen) atoms. The summed E-state index contributed by atoms with van der Waals surface area (Å²) < 4.78 is 13.1. The van der Waals surface area contributed by atoms with E-state index in [-0.39, 0.29) is 12.3 Å². The first-order valence-corrected chi connectivity index (χ1v) is 7.61. The summed E-state index contributed by atoms with van der Waals surface area (Å²) in [7, 11) is 0. The molecule has 116 valence electrons. The van der Waals surface area contributed by atoms with Crippen LogP contribution in [0.5, 0.6) is 0 Å². The molecular weight excluding hydrogens is 317 g/mol. The predicted molar refractivity (Wildman–Crippen MR) is 86.2 cm³/mol. The molecule has 2 aromatic heterocycles. The number of amides is 1. The first-order chi connectivity index (χ1) is 11.2. The lowest BCUT2D eigenvalue weighted by atomic mass is 10.3. The molecule has 1 amide bonds. The number of benzene rings is 1. The van der Waals surface area contributed by atoms with Crippen molar-refractivity contribution in [3.63, 3.8) is 0 Å². The normalized spacial score (nSPS) is 10.3. The number of aromatic nitrogens is 3. The van der Waals surface area contributed by atoms with Crippen molar-refractivity contribution < 1.29 is 9.18 Å². The van der Waals surface area contributed by atoms with Crippen LogP contribution in [0.25, 0.3) is 0 Å². The van der Waals surface area contributed by atoms with Gasteiger partial charge in [-0.3, -0.25) is 4.79 Å². The van der Waals surface area contributed by atoms with Gasteiger partial charge in [0.2, 0.25) is 11.9 Å². The van der Waals surface area contributed by atoms with E-state index in [1.54, 1.807) is 29.9 Å². The van der Waals surface area contributed by atoms with E-state index in [1.807, 2.05) is 0 Å². The summed E-state index contributed by atoms with van der Waals surface area (Å²) in [4.78, 5) is 24.3. The average Bonchev–Trinajstić information content (AvgIpc) is 2.95. The van der Waals surface area contributed by atoms with Gasteiger partial charge in [-0.15, -0.1) is 11.3 Å². The molecule has 0 unspecified atom stereocenters. The molecule has 0 aliphatic heterocycles. The van der Waals surface area contributed by atoms with Crippen LogP contribution < -0.4 is 10.6 Å². The molecule has 0 fully saturated rings. The van der Waals surface area contributed by atoms with Crippen LogP contribution in [0.3, 0.4) is 0 Å². The van der Waals surface area contributed by atoms with Crippen LogP contribution in [0.1, 0.15) is 5.69 Å². The molecule has 3 rings (SSSR count). The van der Waals surface area contributed by atoms with Gasteiger partial charge in [-0.2, -0.15) is 0 Å². The van der Waals surface area contributed by atoms with Crippen LogP contribution >= 0.6 is 11.3 Å². The van der Waals surface area contributed by atoms with Crippen LogP contribution in [0.2, 0.25) is 0 Å². The molecule has 2 heterocycles. The highest BCUT2D eigenvalue weighted by molar-refractivity contribution is 7.13. The van der Waals surface area contributed by atoms with Crippen molar-refractivity contribution in [2.45, 2.75) is 6.42 Å². The maximum atomic E-state index is 13.1. The van der Waals surface area contributed by atoms with Crippen LogP contribution in [0, 0.1) is 5.82 Å². The molecule has 0 aliphatic carbocycles. The fourth-order valence-electron chi connectivity index (χ4n) is 1.84. The Hall–Kier alpha value is -2.87. The third-order valence-electron chi connectivity index (χ3n) is 2.79. The molecule has 0 radical (unpaired) electrons. The Morgan fingerprint density at radius 2 is 2.04 bits per heavy atom. The second kappa shape index (κ2) is 6.93. The summed E-state index contributed by atoms with van der Waals surface area (Å²) in [6, 6.07) is 7.46. The Kier molecular flexibility index (Phi) is 4.53. The zero-order chi connectivity index (χ0) is 16.1. The molecule has 1 aromatic carbocycles. The first kappa shape index (κ1) is 15.0. The molecule has 0 spiro atoms. The number of hydrogen-bond donors (Lipinski definition) is 2. The van der Waals surface area contributed by atoms with Gasteiger partial charge in [-0.1, -0.05) is 6.07 Å². The minimum atomic E-state index is -0.397. The van der Waals surface area contributed by atoms with Gasteiger partial charge in [-0.25, -0.2) is 19.3 Å². The van der Waals surface area contributed by atoms with E-state index in [0.29, 0.717) is 22.5 Å². The molecule has 0 saturated heterocycles. The molecule has 3 aromatic rings. The number of hydrogen-bond acceptors (Lipinski definition) is 6. The van der Waals surface area contributed by atoms with E-state index in [0.717, 1.165) is 0 Å². The lowest BCUT2D eigenvalue weighted by Gasteiger charge is -2.03. The van der Waals surface area contributed by atoms with Crippen molar-refractivity contribution in [3.05, 3.63) is 59.6 Å². The van der Waals surface area contributed by atoms with E-state index in [1.165, 1.54) is 29.5 Å². The fourth-order valence-corrected chi connectivity index (χ4v) is 2.54. The number of carbonyl (C=O) groups is 1. The van der Waals surface area contributed by atoms with E-state index in [9.17, 15) is 9.18 Å². The average molecular weight is 329 g/mol. The summed E-state index contributed by atoms with van der Waals surface area (Å²) in [6.07, 6.45) is 3.34. The number of nitrogens with zero attached hydrogens (tertiary/aromatic N) is 3. The smallest absolute Gasteiger partial charge is 0.230 e. The summed E-state index contributed by atoms with van der Waals surface area (Å²) in [5.74, 6) is -0.216. The lowest BCUT2D eigenvalue weighted by molar-refractivity contribution is -0.115. The van der Waals surface area contributed by atoms with Gasteiger partial charge in [0.05, 0.1) is 12.1 Å². The van der Waals surface area contributed by atoms with Crippen molar-refractivity contribution in [2.24, 2.45) is 0 Å². The third-order valence-corrected chi connectivity index (χ3v) is 3.59. The van der Waals surface area contributed by atoms with Crippen molar-refractivity contribution in [1.29, 1.82) is 0 Å². The molecule has 0 saturated carbocycles. The topological polar surface area (TPSA) is 79.8 Å². The van der Waals surface area contributed by atoms with Gasteiger partial charge in [0.15, 0.2) is 5.13 Å². The Labute approximate surface area is 135 Å². The molecule has 8 heteroatoms. The number of rotatable bonds is 5. The highest BCUT2D eigenvalue weighted by Crippen LogP contribution is 2.19. The molecular formula is C15H12FN5OS. The Bertz CT molecular complexity index is 808. The van der Waals surface area contributed by atoms with Gasteiger partial charge in [0, 0.05) is 23.5 Å². The van der Waals surface area contributed by atoms with E-state index >= 15 is 0 Å². The van der Waals surface area contributed by atoms with E-state index < -0.39 is 5.82 Å². The maximum Gasteiger partial charge on any atom is 0.230 e. The van der Waals surface area contributed by atoms with Crippen molar-refractivity contribution >= 4 is 34.0 Å². The standard InChI is InChI=1S/C15H12FN5OS/c16-10-3-1-4-11(7-10)19-13(22)8-12-9-23-15(20-12)21-14-17-5-2-6-18-14/h1-7,9H,8H2,(H,19,22)(H,17,18,20,21). The summed E-state index contributed by atoms with van der Waals surface area (Å²) >= 11 is 1.35. The summed E-state index contributed by atoms with van der Waals surface area (Å²) in [5.41, 5.74) is 1.03. The van der Waals surface area contributed by atoms with Crippen LogP contribution in [0.4, 0.5) is 21.2 Å². The van der Waals surface area contributed by atoms with E-state index in [2.05, 4.69) is 25.6 Å². The van der Waals surface area contributed by atoms with Gasteiger partial charge < -0.3 is 10.6 Å². The van der Waals surface area contributed by atoms with Crippen molar-refractivity contribution in [3.8, 4) is 0 Å². The molecule has 0 atom stereocenters. The monoisotopic (exact) mass is 329 g/mol. The van der Waals surface area contributed by atoms with Crippen LogP contribution in [-0.4, -0.2) is 20.9 Å². The minimum Gasteiger partial charge on any atom is -0.326 e. The highest BCUT2D eigenvalue weighted by Gasteiger charge is 2.09. The molecule has 2 N–H and O–H groups in total. The van der Waals surface area contributed by atoms with E-state index in [4.69, 9.17) is 0 Å². The molecule has 6 nitrogen and oxygen atoms in total. The number of anilines is 3. The SMILES string of the molecule is O=C(Cc1csc(Nc2ncccn2)n1)Nc1cccc(F)c1. The molecule has 0 bridgehead atoms. The lowest BCUT2D eigenvalue weighted by Crippen LogP contribution is -2.14. The fraction of sp³-hybridized carbons (Fsp3) is 0.0667. The zero-order valence-corrected chi connectivity index (χ0v) is 12.7. The van der Waals surface area contributed by atoms with Gasteiger partial charge in [0.1, 0.15) is 5.82 Å². The Balaban J connectivity index is 1.59. The number of halogens is 1. The van der Waals surface area contributed by atoms with Gasteiger partial charge in [0.25, 0.3) is 0 Å². The zero-order valence-electron chi connectivity index (χ0n) is 11.9. The maximum absolute atomic E-state index is 13.1. The Morgan fingerprint density at radius 1 is 1.22 bits per heavy atom. The Morgan fingerprint density at radius 3 is 2.83 bits per heavy atom. The number of thiazole rings is 1. The predicted octanol–water partition coefficient (Wildman–Crippen LogP) is 3.00. The van der Waals surface area contributed by atoms with Crippen LogP contribution in [0.15, 0.2) is 48.1 Å². The van der Waals surface area contributed by atoms with Gasteiger partial charge in [-0.05, 0) is 24.3 Å². The summed E-state index contributed by atoms with van der Waals surface area (Å²) in [5, 5.41) is 7.97. The second-order valence-electron chi connectivity index (χ2n) is 4.58. The number of carbonyl (C=O) groups excluding carboxylic acids is 1. The number of nitrogens with one attached hydrogen (secondary N) is 2.